The Balaban J connectivity index is 1.87. The van der Waals surface area contributed by atoms with Crippen molar-refractivity contribution in [3.8, 4) is 11.3 Å². The van der Waals surface area contributed by atoms with Crippen molar-refractivity contribution >= 4 is 29.1 Å². The van der Waals surface area contributed by atoms with E-state index in [9.17, 15) is 19.1 Å². The average Bonchev–Trinajstić information content (AvgIpc) is 3.09. The monoisotopic (exact) mass is 507 g/mol. The van der Waals surface area contributed by atoms with Crippen LogP contribution in [0, 0.1) is 11.7 Å². The van der Waals surface area contributed by atoms with Gasteiger partial charge in [-0.05, 0) is 30.9 Å². The van der Waals surface area contributed by atoms with Crippen LogP contribution in [0.2, 0.25) is 10.0 Å². The van der Waals surface area contributed by atoms with Crippen molar-refractivity contribution in [3.63, 3.8) is 0 Å². The fraction of sp³-hybridized carbons (Fsp3) is 0.360. The lowest BCUT2D eigenvalue weighted by atomic mass is 10.0. The van der Waals surface area contributed by atoms with Crippen molar-refractivity contribution in [2.75, 3.05) is 6.61 Å². The number of carbonyl (C=O) groups is 1. The van der Waals surface area contributed by atoms with Gasteiger partial charge in [0.15, 0.2) is 0 Å². The molecule has 0 saturated heterocycles. The molecule has 3 aromatic rings. The largest absolute Gasteiger partial charge is 0.394 e. The summed E-state index contributed by atoms with van der Waals surface area (Å²) >= 11 is 12.2. The van der Waals surface area contributed by atoms with Crippen LogP contribution in [0.4, 0.5) is 4.39 Å². The molecule has 0 fully saturated rings. The molecule has 34 heavy (non-hydrogen) atoms. The standard InChI is InChI=1S/C25H28Cl2FN3O3/c1-15(2)7-5-10-18-24(16-8-3-4-11-19(16)26)30-31(25(18)34)13-22(33)29-21(14-32)17-9-6-12-20(27)23(17)28/h3-4,6,8-9,11-12,15,21,30,32H,5,7,10,13-14H2,1-2H3,(H,29,33). The summed E-state index contributed by atoms with van der Waals surface area (Å²) in [5.74, 6) is -0.784. The molecule has 3 N–H and O–H groups in total. The van der Waals surface area contributed by atoms with E-state index in [1.807, 2.05) is 12.1 Å². The zero-order valence-electron chi connectivity index (χ0n) is 19.1. The molecular formula is C25H28Cl2FN3O3. The molecule has 1 aromatic heterocycles. The smallest absolute Gasteiger partial charge is 0.270 e. The van der Waals surface area contributed by atoms with Crippen LogP contribution in [0.5, 0.6) is 0 Å². The Labute approximate surface area is 207 Å². The van der Waals surface area contributed by atoms with Crippen LogP contribution >= 0.6 is 23.2 Å². The first-order valence-electron chi connectivity index (χ1n) is 11.1. The number of aliphatic hydroxyl groups is 1. The first-order chi connectivity index (χ1) is 16.2. The molecule has 0 aliphatic carbocycles. The molecule has 182 valence electrons. The van der Waals surface area contributed by atoms with Crippen LogP contribution in [-0.4, -0.2) is 27.4 Å². The summed E-state index contributed by atoms with van der Waals surface area (Å²) in [6.07, 6.45) is 2.31. The number of aromatic nitrogens is 2. The van der Waals surface area contributed by atoms with E-state index < -0.39 is 24.4 Å². The quantitative estimate of drug-likeness (QED) is 0.356. The number of halogens is 3. The molecule has 9 heteroatoms. The summed E-state index contributed by atoms with van der Waals surface area (Å²) in [6, 6.07) is 10.5. The Morgan fingerprint density at radius 2 is 1.85 bits per heavy atom. The number of nitrogens with one attached hydrogen (secondary N) is 2. The molecule has 2 aromatic carbocycles. The number of aliphatic hydroxyl groups excluding tert-OH is 1. The molecule has 0 bridgehead atoms. The van der Waals surface area contributed by atoms with Crippen molar-refractivity contribution < 1.29 is 14.3 Å². The summed E-state index contributed by atoms with van der Waals surface area (Å²) in [5.41, 5.74) is 1.55. The van der Waals surface area contributed by atoms with Crippen LogP contribution in [-0.2, 0) is 17.8 Å². The highest BCUT2D eigenvalue weighted by atomic mass is 35.5. The molecule has 3 rings (SSSR count). The molecule has 6 nitrogen and oxygen atoms in total. The maximum absolute atomic E-state index is 14.4. The van der Waals surface area contributed by atoms with Gasteiger partial charge in [-0.15, -0.1) is 0 Å². The number of benzene rings is 2. The number of rotatable bonds is 10. The highest BCUT2D eigenvalue weighted by Crippen LogP contribution is 2.29. The van der Waals surface area contributed by atoms with Gasteiger partial charge in [-0.1, -0.05) is 73.8 Å². The minimum atomic E-state index is -1.01. The summed E-state index contributed by atoms with van der Waals surface area (Å²) in [5, 5.41) is 15.7. The lowest BCUT2D eigenvalue weighted by Crippen LogP contribution is -2.36. The third kappa shape index (κ3) is 6.09. The van der Waals surface area contributed by atoms with Gasteiger partial charge >= 0.3 is 0 Å². The van der Waals surface area contributed by atoms with Gasteiger partial charge in [0.25, 0.3) is 5.56 Å². The molecule has 1 heterocycles. The summed E-state index contributed by atoms with van der Waals surface area (Å²) in [7, 11) is 0. The predicted octanol–water partition coefficient (Wildman–Crippen LogP) is 5.12. The summed E-state index contributed by atoms with van der Waals surface area (Å²) < 4.78 is 15.6. The maximum atomic E-state index is 14.4. The van der Waals surface area contributed by atoms with Gasteiger partial charge in [0, 0.05) is 21.7 Å². The molecule has 0 spiro atoms. The fourth-order valence-corrected chi connectivity index (χ4v) is 4.25. The van der Waals surface area contributed by atoms with E-state index in [1.165, 1.54) is 22.9 Å². The molecule has 0 aliphatic heterocycles. The number of H-pyrrole nitrogens is 1. The molecule has 1 atom stereocenters. The highest BCUT2D eigenvalue weighted by molar-refractivity contribution is 6.33. The Morgan fingerprint density at radius 3 is 2.53 bits per heavy atom. The number of hydrogen-bond donors (Lipinski definition) is 3. The van der Waals surface area contributed by atoms with E-state index in [4.69, 9.17) is 23.2 Å². The lowest BCUT2D eigenvalue weighted by molar-refractivity contribution is -0.123. The van der Waals surface area contributed by atoms with Gasteiger partial charge in [0.2, 0.25) is 5.91 Å². The topological polar surface area (TPSA) is 87.1 Å². The van der Waals surface area contributed by atoms with Crippen molar-refractivity contribution in [2.24, 2.45) is 5.92 Å². The second kappa shape index (κ2) is 11.7. The van der Waals surface area contributed by atoms with Gasteiger partial charge < -0.3 is 10.4 Å². The normalized spacial score (nSPS) is 12.2. The number of carbonyl (C=O) groups excluding carboxylic acids is 1. The van der Waals surface area contributed by atoms with Gasteiger partial charge in [-0.25, -0.2) is 9.07 Å². The Bertz CT molecular complexity index is 1210. The van der Waals surface area contributed by atoms with Gasteiger partial charge in [0.05, 0.1) is 23.4 Å². The first-order valence-corrected chi connectivity index (χ1v) is 11.9. The van der Waals surface area contributed by atoms with E-state index in [-0.39, 0.29) is 22.7 Å². The number of aromatic amines is 1. The maximum Gasteiger partial charge on any atom is 0.270 e. The van der Waals surface area contributed by atoms with Crippen LogP contribution < -0.4 is 10.9 Å². The van der Waals surface area contributed by atoms with Crippen molar-refractivity contribution in [3.05, 3.63) is 79.8 Å². The van der Waals surface area contributed by atoms with Crippen molar-refractivity contribution in [1.82, 2.24) is 15.1 Å². The van der Waals surface area contributed by atoms with E-state index in [2.05, 4.69) is 24.3 Å². The van der Waals surface area contributed by atoms with Crippen LogP contribution in [0.3, 0.4) is 0 Å². The van der Waals surface area contributed by atoms with Gasteiger partial charge in [-0.2, -0.15) is 0 Å². The van der Waals surface area contributed by atoms with E-state index in [1.54, 1.807) is 12.1 Å². The van der Waals surface area contributed by atoms with Crippen LogP contribution in [0.15, 0.2) is 47.3 Å². The summed E-state index contributed by atoms with van der Waals surface area (Å²) in [6.45, 7) is 3.37. The van der Waals surface area contributed by atoms with E-state index in [0.717, 1.165) is 12.8 Å². The molecule has 0 aliphatic rings. The lowest BCUT2D eigenvalue weighted by Gasteiger charge is -2.18. The molecule has 0 saturated carbocycles. The third-order valence-electron chi connectivity index (χ3n) is 5.58. The fourth-order valence-electron chi connectivity index (χ4n) is 3.84. The van der Waals surface area contributed by atoms with Crippen molar-refractivity contribution in [1.29, 1.82) is 0 Å². The van der Waals surface area contributed by atoms with Gasteiger partial charge in [0.1, 0.15) is 12.4 Å². The Hall–Kier alpha value is -2.61. The number of hydrogen-bond acceptors (Lipinski definition) is 3. The molecular weight excluding hydrogens is 480 g/mol. The predicted molar refractivity (Wildman–Crippen MR) is 133 cm³/mol. The molecule has 1 unspecified atom stereocenters. The number of nitrogens with zero attached hydrogens (tertiary/aromatic N) is 1. The average molecular weight is 508 g/mol. The minimum absolute atomic E-state index is 0.0633. The van der Waals surface area contributed by atoms with Gasteiger partial charge in [-0.3, -0.25) is 14.7 Å². The second-order valence-electron chi connectivity index (χ2n) is 8.57. The second-order valence-corrected chi connectivity index (χ2v) is 9.38. The van der Waals surface area contributed by atoms with Crippen LogP contribution in [0.25, 0.3) is 11.3 Å². The zero-order valence-corrected chi connectivity index (χ0v) is 20.6. The zero-order chi connectivity index (χ0) is 24.8. The summed E-state index contributed by atoms with van der Waals surface area (Å²) in [4.78, 5) is 25.9. The number of amides is 1. The Morgan fingerprint density at radius 1 is 1.15 bits per heavy atom. The molecule has 1 amide bonds. The van der Waals surface area contributed by atoms with Crippen molar-refractivity contribution in [2.45, 2.75) is 45.7 Å². The highest BCUT2D eigenvalue weighted by Gasteiger charge is 2.22. The Kier molecular flexibility index (Phi) is 8.94. The van der Waals surface area contributed by atoms with E-state index >= 15 is 0 Å². The third-order valence-corrected chi connectivity index (χ3v) is 6.20. The minimum Gasteiger partial charge on any atom is -0.394 e. The van der Waals surface area contributed by atoms with Crippen LogP contribution in [0.1, 0.15) is 43.9 Å². The molecule has 0 radical (unpaired) electrons. The first kappa shape index (κ1) is 26.0. The SMILES string of the molecule is CC(C)CCCc1c(-c2ccccc2Cl)[nH]n(CC(=O)NC(CO)c2cccc(Cl)c2F)c1=O. The van der Waals surface area contributed by atoms with E-state index in [0.29, 0.717) is 34.2 Å².